The predicted molar refractivity (Wildman–Crippen MR) is 46.4 cm³/mol. The number of carbonyl (C=O) groups excluding carboxylic acids is 1. The van der Waals surface area contributed by atoms with Crippen LogP contribution in [0, 0.1) is 0 Å². The lowest BCUT2D eigenvalue weighted by Gasteiger charge is -2.12. The van der Waals surface area contributed by atoms with Gasteiger partial charge in [0.2, 0.25) is 0 Å². The molecule has 6 heteroatoms. The molecule has 1 saturated heterocycles. The fourth-order valence-electron chi connectivity index (χ4n) is 1.33. The smallest absolute Gasteiger partial charge is 0.252 e. The van der Waals surface area contributed by atoms with Crippen molar-refractivity contribution in [3.63, 3.8) is 0 Å². The Morgan fingerprint density at radius 1 is 1.50 bits per heavy atom. The second-order valence-corrected chi connectivity index (χ2v) is 3.04. The Morgan fingerprint density at radius 3 is 2.57 bits per heavy atom. The fraction of sp³-hybridized carbons (Fsp3) is 0.875. The van der Waals surface area contributed by atoms with E-state index in [4.69, 9.17) is 9.47 Å². The molecule has 1 heterocycles. The van der Waals surface area contributed by atoms with E-state index in [1.54, 1.807) is 6.92 Å². The highest BCUT2D eigenvalue weighted by Crippen LogP contribution is 2.21. The van der Waals surface area contributed by atoms with Gasteiger partial charge in [0.25, 0.3) is 5.91 Å². The normalized spacial score (nSPS) is 37.1. The molecule has 3 N–H and O–H groups in total. The van der Waals surface area contributed by atoms with Crippen LogP contribution in [0.25, 0.3) is 0 Å². The van der Waals surface area contributed by atoms with Crippen LogP contribution >= 0.6 is 0 Å². The first kappa shape index (κ1) is 11.4. The van der Waals surface area contributed by atoms with Crippen molar-refractivity contribution in [2.75, 3.05) is 13.7 Å². The Kier molecular flexibility index (Phi) is 3.82. The van der Waals surface area contributed by atoms with Gasteiger partial charge in [-0.15, -0.1) is 0 Å². The minimum Gasteiger partial charge on any atom is -0.387 e. The number of carbonyl (C=O) groups is 1. The number of methoxy groups -OCH3 is 1. The van der Waals surface area contributed by atoms with Crippen molar-refractivity contribution < 1.29 is 24.5 Å². The van der Waals surface area contributed by atoms with Crippen LogP contribution in [-0.2, 0) is 14.3 Å². The Hall–Kier alpha value is -0.690. The van der Waals surface area contributed by atoms with E-state index in [0.29, 0.717) is 6.54 Å². The zero-order chi connectivity index (χ0) is 10.7. The van der Waals surface area contributed by atoms with Crippen LogP contribution in [0.5, 0.6) is 0 Å². The summed E-state index contributed by atoms with van der Waals surface area (Å²) < 4.78 is 9.76. The number of aliphatic hydroxyl groups excluding tert-OH is 2. The van der Waals surface area contributed by atoms with E-state index in [1.165, 1.54) is 7.11 Å². The quantitative estimate of drug-likeness (QED) is 0.506. The van der Waals surface area contributed by atoms with E-state index < -0.39 is 30.5 Å². The molecule has 82 valence electrons. The van der Waals surface area contributed by atoms with Crippen LogP contribution < -0.4 is 5.32 Å². The third-order valence-electron chi connectivity index (χ3n) is 2.06. The molecule has 4 atom stereocenters. The maximum absolute atomic E-state index is 11.3. The van der Waals surface area contributed by atoms with Gasteiger partial charge >= 0.3 is 0 Å². The average molecular weight is 205 g/mol. The molecule has 0 aromatic rings. The van der Waals surface area contributed by atoms with E-state index in [-0.39, 0.29) is 0 Å². The highest BCUT2D eigenvalue weighted by Gasteiger charge is 2.46. The van der Waals surface area contributed by atoms with E-state index in [2.05, 4.69) is 5.32 Å². The molecule has 0 bridgehead atoms. The Bertz CT molecular complexity index is 210. The summed E-state index contributed by atoms with van der Waals surface area (Å²) in [6.07, 6.45) is -4.44. The lowest BCUT2D eigenvalue weighted by atomic mass is 10.1. The number of amides is 1. The summed E-state index contributed by atoms with van der Waals surface area (Å²) in [7, 11) is 1.33. The second kappa shape index (κ2) is 4.70. The Morgan fingerprint density at radius 2 is 2.14 bits per heavy atom. The Balaban J connectivity index is 2.60. The third-order valence-corrected chi connectivity index (χ3v) is 2.06. The number of aliphatic hydroxyl groups is 2. The first-order valence-corrected chi connectivity index (χ1v) is 4.44. The van der Waals surface area contributed by atoms with Crippen LogP contribution in [0.4, 0.5) is 0 Å². The summed E-state index contributed by atoms with van der Waals surface area (Å²) in [6.45, 7) is 2.20. The van der Waals surface area contributed by atoms with Gasteiger partial charge in [-0.2, -0.15) is 0 Å². The van der Waals surface area contributed by atoms with Gasteiger partial charge in [0.1, 0.15) is 12.2 Å². The van der Waals surface area contributed by atoms with Crippen LogP contribution in [0.15, 0.2) is 0 Å². The molecular formula is C8H15NO5. The molecule has 0 saturated carbocycles. The zero-order valence-corrected chi connectivity index (χ0v) is 8.14. The van der Waals surface area contributed by atoms with Gasteiger partial charge in [0.15, 0.2) is 12.4 Å². The highest BCUT2D eigenvalue weighted by atomic mass is 16.7. The molecular weight excluding hydrogens is 190 g/mol. The lowest BCUT2D eigenvalue weighted by molar-refractivity contribution is -0.160. The topological polar surface area (TPSA) is 88.0 Å². The SMILES string of the molecule is CCNC(=O)[C@H]1O[C@H](OC)[C@H](O)[C@@H]1O. The van der Waals surface area contributed by atoms with Crippen LogP contribution in [-0.4, -0.2) is 54.4 Å². The lowest BCUT2D eigenvalue weighted by Crippen LogP contribution is -2.42. The zero-order valence-electron chi connectivity index (χ0n) is 8.14. The number of hydrogen-bond donors (Lipinski definition) is 3. The van der Waals surface area contributed by atoms with Gasteiger partial charge in [0.05, 0.1) is 0 Å². The molecule has 0 radical (unpaired) electrons. The van der Waals surface area contributed by atoms with Gasteiger partial charge in [-0.25, -0.2) is 0 Å². The number of nitrogens with one attached hydrogen (secondary N) is 1. The molecule has 0 aromatic carbocycles. The minimum atomic E-state index is -1.24. The van der Waals surface area contributed by atoms with Gasteiger partial charge in [-0.3, -0.25) is 4.79 Å². The van der Waals surface area contributed by atoms with E-state index in [9.17, 15) is 15.0 Å². The number of ether oxygens (including phenoxy) is 2. The summed E-state index contributed by atoms with van der Waals surface area (Å²) >= 11 is 0. The van der Waals surface area contributed by atoms with Crippen molar-refractivity contribution in [1.29, 1.82) is 0 Å². The average Bonchev–Trinajstić information content (AvgIpc) is 2.44. The van der Waals surface area contributed by atoms with Crippen molar-refractivity contribution in [1.82, 2.24) is 5.32 Å². The van der Waals surface area contributed by atoms with Crippen molar-refractivity contribution in [3.05, 3.63) is 0 Å². The molecule has 1 rings (SSSR count). The van der Waals surface area contributed by atoms with Crippen LogP contribution in [0.2, 0.25) is 0 Å². The standard InChI is InChI=1S/C8H15NO5/c1-3-9-7(12)6-4(10)5(11)8(13-2)14-6/h4-6,8,10-11H,3H2,1-2H3,(H,9,12)/t4-,5+,6-,8-/m0/s1. The minimum absolute atomic E-state index is 0.444. The van der Waals surface area contributed by atoms with Gasteiger partial charge in [-0.05, 0) is 6.92 Å². The first-order valence-electron chi connectivity index (χ1n) is 4.44. The number of rotatable bonds is 3. The summed E-state index contributed by atoms with van der Waals surface area (Å²) in [5.74, 6) is -0.446. The second-order valence-electron chi connectivity index (χ2n) is 3.04. The summed E-state index contributed by atoms with van der Waals surface area (Å²) in [4.78, 5) is 11.3. The monoisotopic (exact) mass is 205 g/mol. The molecule has 1 aliphatic rings. The summed E-state index contributed by atoms with van der Waals surface area (Å²) in [5, 5.41) is 21.3. The molecule has 1 aliphatic heterocycles. The fourth-order valence-corrected chi connectivity index (χ4v) is 1.33. The molecule has 0 spiro atoms. The van der Waals surface area contributed by atoms with E-state index in [0.717, 1.165) is 0 Å². The van der Waals surface area contributed by atoms with Crippen molar-refractivity contribution in [3.8, 4) is 0 Å². The Labute approximate surface area is 81.8 Å². The molecule has 6 nitrogen and oxygen atoms in total. The number of likely N-dealkylation sites (N-methyl/N-ethyl adjacent to an activating group) is 1. The highest BCUT2D eigenvalue weighted by molar-refractivity contribution is 5.81. The molecule has 1 fully saturated rings. The third kappa shape index (κ3) is 2.03. The largest absolute Gasteiger partial charge is 0.387 e. The molecule has 0 aromatic heterocycles. The van der Waals surface area contributed by atoms with Gasteiger partial charge < -0.3 is 25.0 Å². The summed E-state index contributed by atoms with van der Waals surface area (Å²) in [5.41, 5.74) is 0. The first-order chi connectivity index (χ1) is 6.61. The van der Waals surface area contributed by atoms with Crippen molar-refractivity contribution >= 4 is 5.91 Å². The molecule has 14 heavy (non-hydrogen) atoms. The van der Waals surface area contributed by atoms with E-state index >= 15 is 0 Å². The number of hydrogen-bond acceptors (Lipinski definition) is 5. The molecule has 0 unspecified atom stereocenters. The maximum Gasteiger partial charge on any atom is 0.252 e. The van der Waals surface area contributed by atoms with Crippen molar-refractivity contribution in [2.24, 2.45) is 0 Å². The molecule has 1 amide bonds. The van der Waals surface area contributed by atoms with Crippen LogP contribution in [0.3, 0.4) is 0 Å². The van der Waals surface area contributed by atoms with Gasteiger partial charge in [-0.1, -0.05) is 0 Å². The molecule has 0 aliphatic carbocycles. The van der Waals surface area contributed by atoms with E-state index in [1.807, 2.05) is 0 Å². The predicted octanol–water partition coefficient (Wildman–Crippen LogP) is -1.78. The maximum atomic E-state index is 11.3. The van der Waals surface area contributed by atoms with Gasteiger partial charge in [0, 0.05) is 13.7 Å². The van der Waals surface area contributed by atoms with Crippen molar-refractivity contribution in [2.45, 2.75) is 31.5 Å². The summed E-state index contributed by atoms with van der Waals surface area (Å²) in [6, 6.07) is 0. The van der Waals surface area contributed by atoms with Crippen LogP contribution in [0.1, 0.15) is 6.92 Å².